The molecule has 4 rings (SSSR count). The van der Waals surface area contributed by atoms with Gasteiger partial charge in [0.05, 0.1) is 17.6 Å². The fourth-order valence-corrected chi connectivity index (χ4v) is 3.04. The maximum atomic E-state index is 13.2. The van der Waals surface area contributed by atoms with E-state index < -0.39 is 0 Å². The van der Waals surface area contributed by atoms with E-state index in [1.54, 1.807) is 22.9 Å². The van der Waals surface area contributed by atoms with E-state index in [9.17, 15) is 9.90 Å². The number of aromatic nitrogens is 2. The predicted molar refractivity (Wildman–Crippen MR) is 93.9 cm³/mol. The molecule has 0 saturated carbocycles. The first-order chi connectivity index (χ1) is 12.3. The summed E-state index contributed by atoms with van der Waals surface area (Å²) in [5, 5.41) is 12.9. The van der Waals surface area contributed by atoms with Crippen LogP contribution >= 0.6 is 0 Å². The maximum absolute atomic E-state index is 13.2. The molecule has 0 aliphatic rings. The van der Waals surface area contributed by atoms with Gasteiger partial charge < -0.3 is 5.11 Å². The van der Waals surface area contributed by atoms with Crippen molar-refractivity contribution in [3.8, 4) is 11.6 Å². The molecule has 0 amide bonds. The van der Waals surface area contributed by atoms with Gasteiger partial charge in [0.25, 0.3) is 5.65 Å². The molecule has 0 saturated heterocycles. The molecule has 0 bridgehead atoms. The van der Waals surface area contributed by atoms with E-state index in [0.717, 1.165) is 11.3 Å². The lowest BCUT2D eigenvalue weighted by Gasteiger charge is -2.14. The van der Waals surface area contributed by atoms with Gasteiger partial charge in [0, 0.05) is 12.5 Å². The highest BCUT2D eigenvalue weighted by atomic mass is 16.3. The van der Waals surface area contributed by atoms with Gasteiger partial charge in [-0.15, -0.1) is 0 Å². The second-order valence-corrected chi connectivity index (χ2v) is 5.85. The zero-order chi connectivity index (χ0) is 17.2. The molecule has 25 heavy (non-hydrogen) atoms. The van der Waals surface area contributed by atoms with Gasteiger partial charge in [0.2, 0.25) is 0 Å². The third-order valence-corrected chi connectivity index (χ3v) is 4.24. The molecule has 0 N–H and O–H groups in total. The van der Waals surface area contributed by atoms with Crippen LogP contribution in [0.4, 0.5) is 0 Å². The number of benzene rings is 2. The number of nitrogens with zero attached hydrogens (tertiary/aromatic N) is 2. The summed E-state index contributed by atoms with van der Waals surface area (Å²) in [6.45, 7) is 0. The second kappa shape index (κ2) is 6.24. The highest BCUT2D eigenvalue weighted by Crippen LogP contribution is 2.15. The minimum atomic E-state index is -0.272. The zero-order valence-corrected chi connectivity index (χ0v) is 13.5. The largest absolute Gasteiger partial charge is 0.842 e. The van der Waals surface area contributed by atoms with Crippen LogP contribution in [0.1, 0.15) is 11.1 Å². The molecule has 0 unspecified atom stereocenters. The Morgan fingerprint density at radius 2 is 1.48 bits per heavy atom. The molecule has 4 aromatic rings. The minimum Gasteiger partial charge on any atom is -0.842 e. The smallest absolute Gasteiger partial charge is 0.345 e. The molecule has 2 heterocycles. The Morgan fingerprint density at radius 3 is 2.20 bits per heavy atom. The van der Waals surface area contributed by atoms with Crippen LogP contribution in [-0.4, -0.2) is 4.57 Å². The average Bonchev–Trinajstić information content (AvgIpc) is 2.67. The Kier molecular flexibility index (Phi) is 3.78. The number of para-hydroxylation sites is 1. The van der Waals surface area contributed by atoms with Crippen LogP contribution in [0.25, 0.3) is 11.3 Å². The fraction of sp³-hybridized carbons (Fsp3) is 0.0476. The fourth-order valence-electron chi connectivity index (χ4n) is 3.04. The summed E-state index contributed by atoms with van der Waals surface area (Å²) in [6.07, 6.45) is 2.01. The normalized spacial score (nSPS) is 10.9. The van der Waals surface area contributed by atoms with Crippen LogP contribution in [0.3, 0.4) is 0 Å². The minimum absolute atomic E-state index is 0.263. The van der Waals surface area contributed by atoms with Crippen molar-refractivity contribution in [1.29, 1.82) is 0 Å². The SMILES string of the molecule is O=c1c(Cc2ccccc2)c([O-])[n+]2ccccc2n1-c1ccccc1. The van der Waals surface area contributed by atoms with E-state index in [-0.39, 0.29) is 17.0 Å². The van der Waals surface area contributed by atoms with Crippen molar-refractivity contribution in [2.24, 2.45) is 0 Å². The molecule has 0 radical (unpaired) electrons. The standard InChI is InChI=1S/C21H16N2O2/c24-20-18(15-16-9-3-1-4-10-16)21(25)23(17-11-5-2-6-12-17)19-13-7-8-14-22(19)20/h1-14H,15H2. The number of fused-ring (bicyclic) bond motifs is 1. The van der Waals surface area contributed by atoms with E-state index in [4.69, 9.17) is 0 Å². The Balaban J connectivity index is 2.03. The molecule has 122 valence electrons. The van der Waals surface area contributed by atoms with Gasteiger partial charge in [-0.25, -0.2) is 9.20 Å². The molecule has 0 aliphatic carbocycles. The first-order valence-electron chi connectivity index (χ1n) is 8.10. The Hall–Kier alpha value is -3.40. The van der Waals surface area contributed by atoms with Crippen LogP contribution in [-0.2, 0) is 6.42 Å². The maximum Gasteiger partial charge on any atom is 0.345 e. The number of pyridine rings is 1. The van der Waals surface area contributed by atoms with Crippen molar-refractivity contribution in [3.05, 3.63) is 107 Å². The Morgan fingerprint density at radius 1 is 0.840 bits per heavy atom. The summed E-state index contributed by atoms with van der Waals surface area (Å²) in [4.78, 5) is 13.2. The summed E-state index contributed by atoms with van der Waals surface area (Å²) in [6, 6.07) is 24.4. The van der Waals surface area contributed by atoms with Gasteiger partial charge in [-0.2, -0.15) is 4.57 Å². The molecule has 0 aliphatic heterocycles. The molecule has 4 heteroatoms. The summed E-state index contributed by atoms with van der Waals surface area (Å²) < 4.78 is 3.13. The van der Waals surface area contributed by atoms with Crippen LogP contribution in [0.2, 0.25) is 0 Å². The van der Waals surface area contributed by atoms with E-state index >= 15 is 0 Å². The highest BCUT2D eigenvalue weighted by Gasteiger charge is 2.20. The van der Waals surface area contributed by atoms with E-state index in [0.29, 0.717) is 12.1 Å². The van der Waals surface area contributed by atoms with Crippen LogP contribution in [0.5, 0.6) is 5.88 Å². The third kappa shape index (κ3) is 2.68. The lowest BCUT2D eigenvalue weighted by atomic mass is 10.1. The van der Waals surface area contributed by atoms with Gasteiger partial charge in [0.1, 0.15) is 5.69 Å². The molecular formula is C21H16N2O2. The molecule has 2 aromatic heterocycles. The number of hydrogen-bond donors (Lipinski definition) is 0. The monoisotopic (exact) mass is 328 g/mol. The number of rotatable bonds is 3. The van der Waals surface area contributed by atoms with Crippen molar-refractivity contribution in [1.82, 2.24) is 4.57 Å². The van der Waals surface area contributed by atoms with Gasteiger partial charge >= 0.3 is 5.56 Å². The molecule has 0 fully saturated rings. The first-order valence-corrected chi connectivity index (χ1v) is 8.10. The average molecular weight is 328 g/mol. The molecular weight excluding hydrogens is 312 g/mol. The second-order valence-electron chi connectivity index (χ2n) is 5.85. The van der Waals surface area contributed by atoms with Gasteiger partial charge in [-0.05, 0) is 23.8 Å². The Bertz CT molecular complexity index is 1090. The van der Waals surface area contributed by atoms with Crippen molar-refractivity contribution in [2.45, 2.75) is 6.42 Å². The topological polar surface area (TPSA) is 49.2 Å². The molecule has 2 aromatic carbocycles. The summed E-state index contributed by atoms with van der Waals surface area (Å²) >= 11 is 0. The lowest BCUT2D eigenvalue weighted by molar-refractivity contribution is -0.588. The third-order valence-electron chi connectivity index (χ3n) is 4.24. The number of hydrogen-bond acceptors (Lipinski definition) is 2. The summed E-state index contributed by atoms with van der Waals surface area (Å²) in [7, 11) is 0. The van der Waals surface area contributed by atoms with E-state index in [2.05, 4.69) is 0 Å². The van der Waals surface area contributed by atoms with Crippen molar-refractivity contribution < 1.29 is 9.51 Å². The van der Waals surface area contributed by atoms with E-state index in [1.807, 2.05) is 66.7 Å². The predicted octanol–water partition coefficient (Wildman–Crippen LogP) is 2.24. The first kappa shape index (κ1) is 15.1. The van der Waals surface area contributed by atoms with Gasteiger partial charge in [-0.3, -0.25) is 0 Å². The summed E-state index contributed by atoms with van der Waals surface area (Å²) in [5.74, 6) is -0.267. The van der Waals surface area contributed by atoms with Crippen molar-refractivity contribution >= 4 is 5.65 Å². The van der Waals surface area contributed by atoms with Crippen LogP contribution in [0, 0.1) is 0 Å². The molecule has 0 atom stereocenters. The van der Waals surface area contributed by atoms with Gasteiger partial charge in [-0.1, -0.05) is 54.6 Å². The van der Waals surface area contributed by atoms with E-state index in [1.165, 1.54) is 4.40 Å². The zero-order valence-electron chi connectivity index (χ0n) is 13.5. The van der Waals surface area contributed by atoms with Crippen LogP contribution < -0.4 is 15.1 Å². The Labute approximate surface area is 144 Å². The molecule has 4 nitrogen and oxygen atoms in total. The highest BCUT2D eigenvalue weighted by molar-refractivity contribution is 5.46. The van der Waals surface area contributed by atoms with Crippen LogP contribution in [0.15, 0.2) is 89.9 Å². The summed E-state index contributed by atoms with van der Waals surface area (Å²) in [5.41, 5.74) is 2.23. The molecule has 0 spiro atoms. The van der Waals surface area contributed by atoms with Crippen molar-refractivity contribution in [2.75, 3.05) is 0 Å². The lowest BCUT2D eigenvalue weighted by Crippen LogP contribution is -2.39. The van der Waals surface area contributed by atoms with Gasteiger partial charge in [0.15, 0.2) is 0 Å². The quantitative estimate of drug-likeness (QED) is 0.542. The van der Waals surface area contributed by atoms with Crippen molar-refractivity contribution in [3.63, 3.8) is 0 Å².